The van der Waals surface area contributed by atoms with Crippen LogP contribution in [0, 0.1) is 19.3 Å². The molecule has 3 heteroatoms. The lowest BCUT2D eigenvalue weighted by molar-refractivity contribution is 0.260. The molecule has 0 aliphatic rings. The Kier molecular flexibility index (Phi) is 4.91. The van der Waals surface area contributed by atoms with Gasteiger partial charge in [-0.05, 0) is 70.2 Å². The van der Waals surface area contributed by atoms with E-state index in [0.717, 1.165) is 27.5 Å². The molecule has 0 heterocycles. The maximum atomic E-state index is 9.80. The summed E-state index contributed by atoms with van der Waals surface area (Å²) in [6.45, 7) is 7.61. The molecule has 2 rings (SSSR count). The summed E-state index contributed by atoms with van der Waals surface area (Å²) in [5.41, 5.74) is 5.33. The SMILES string of the molecule is C=C/C(=C\C=N)c1c(CO)c(CO)cc2cc(C)c(C)cc12. The first-order chi connectivity index (χ1) is 10.6. The van der Waals surface area contributed by atoms with Crippen molar-refractivity contribution in [3.63, 3.8) is 0 Å². The van der Waals surface area contributed by atoms with Crippen LogP contribution in [0.3, 0.4) is 0 Å². The number of aliphatic hydroxyl groups is 2. The monoisotopic (exact) mass is 295 g/mol. The maximum Gasteiger partial charge on any atom is 0.0691 e. The zero-order chi connectivity index (χ0) is 16.3. The van der Waals surface area contributed by atoms with Gasteiger partial charge >= 0.3 is 0 Å². The van der Waals surface area contributed by atoms with Gasteiger partial charge in [0.25, 0.3) is 0 Å². The molecule has 3 N–H and O–H groups in total. The molecule has 0 unspecified atom stereocenters. The first kappa shape index (κ1) is 16.1. The third-order valence-electron chi connectivity index (χ3n) is 4.05. The zero-order valence-electron chi connectivity index (χ0n) is 13.0. The van der Waals surface area contributed by atoms with Crippen molar-refractivity contribution in [1.82, 2.24) is 0 Å². The summed E-state index contributed by atoms with van der Waals surface area (Å²) >= 11 is 0. The van der Waals surface area contributed by atoms with Gasteiger partial charge in [0.05, 0.1) is 13.2 Å². The lowest BCUT2D eigenvalue weighted by Crippen LogP contribution is -2.02. The molecule has 0 saturated carbocycles. The largest absolute Gasteiger partial charge is 0.392 e. The Hall–Kier alpha value is -2.23. The first-order valence-electron chi connectivity index (χ1n) is 7.18. The van der Waals surface area contributed by atoms with E-state index in [0.29, 0.717) is 11.1 Å². The van der Waals surface area contributed by atoms with Gasteiger partial charge < -0.3 is 15.6 Å². The lowest BCUT2D eigenvalue weighted by atomic mass is 9.88. The molecule has 0 aromatic heterocycles. The van der Waals surface area contributed by atoms with Crippen LogP contribution in [-0.2, 0) is 13.2 Å². The van der Waals surface area contributed by atoms with Crippen LogP contribution in [0.2, 0.25) is 0 Å². The minimum atomic E-state index is -0.169. The van der Waals surface area contributed by atoms with E-state index in [9.17, 15) is 10.2 Å². The first-order valence-corrected chi connectivity index (χ1v) is 7.18. The Bertz CT molecular complexity index is 773. The summed E-state index contributed by atoms with van der Waals surface area (Å²) in [5.74, 6) is 0. The molecular formula is C19H21NO2. The molecule has 0 bridgehead atoms. The van der Waals surface area contributed by atoms with Crippen molar-refractivity contribution in [3.8, 4) is 0 Å². The zero-order valence-corrected chi connectivity index (χ0v) is 13.0. The van der Waals surface area contributed by atoms with Crippen molar-refractivity contribution in [1.29, 1.82) is 5.41 Å². The van der Waals surface area contributed by atoms with Gasteiger partial charge in [0.2, 0.25) is 0 Å². The second-order valence-corrected chi connectivity index (χ2v) is 5.36. The fourth-order valence-electron chi connectivity index (χ4n) is 2.77. The van der Waals surface area contributed by atoms with Gasteiger partial charge in [-0.3, -0.25) is 0 Å². The average Bonchev–Trinajstić information content (AvgIpc) is 2.52. The Morgan fingerprint density at radius 1 is 1.14 bits per heavy atom. The van der Waals surface area contributed by atoms with Crippen molar-refractivity contribution in [2.75, 3.05) is 0 Å². The van der Waals surface area contributed by atoms with Crippen LogP contribution >= 0.6 is 0 Å². The number of hydrogen-bond acceptors (Lipinski definition) is 3. The van der Waals surface area contributed by atoms with E-state index in [1.54, 1.807) is 12.2 Å². The number of allylic oxidation sites excluding steroid dienone is 3. The van der Waals surface area contributed by atoms with Crippen LogP contribution in [0.5, 0.6) is 0 Å². The Labute approximate surface area is 130 Å². The van der Waals surface area contributed by atoms with Crippen molar-refractivity contribution >= 4 is 22.6 Å². The molecule has 0 fully saturated rings. The Morgan fingerprint density at radius 3 is 2.36 bits per heavy atom. The van der Waals surface area contributed by atoms with E-state index in [-0.39, 0.29) is 13.2 Å². The quantitative estimate of drug-likeness (QED) is 0.582. The van der Waals surface area contributed by atoms with Gasteiger partial charge in [-0.2, -0.15) is 0 Å². The third-order valence-corrected chi connectivity index (χ3v) is 4.05. The molecular weight excluding hydrogens is 274 g/mol. The molecule has 0 amide bonds. The molecule has 0 radical (unpaired) electrons. The van der Waals surface area contributed by atoms with Crippen LogP contribution in [0.4, 0.5) is 0 Å². The molecule has 2 aromatic carbocycles. The highest BCUT2D eigenvalue weighted by molar-refractivity contribution is 6.01. The third kappa shape index (κ3) is 2.73. The molecule has 3 nitrogen and oxygen atoms in total. The van der Waals surface area contributed by atoms with Crippen molar-refractivity contribution in [2.24, 2.45) is 0 Å². The van der Waals surface area contributed by atoms with Crippen LogP contribution in [0.25, 0.3) is 16.3 Å². The number of benzene rings is 2. The highest BCUT2D eigenvalue weighted by Crippen LogP contribution is 2.34. The van der Waals surface area contributed by atoms with Crippen molar-refractivity contribution in [2.45, 2.75) is 27.1 Å². The second kappa shape index (κ2) is 6.69. The van der Waals surface area contributed by atoms with E-state index in [1.165, 1.54) is 11.8 Å². The fourth-order valence-corrected chi connectivity index (χ4v) is 2.77. The number of aryl methyl sites for hydroxylation is 2. The topological polar surface area (TPSA) is 64.3 Å². The molecule has 114 valence electrons. The average molecular weight is 295 g/mol. The molecule has 0 atom stereocenters. The lowest BCUT2D eigenvalue weighted by Gasteiger charge is -2.18. The number of fused-ring (bicyclic) bond motifs is 1. The van der Waals surface area contributed by atoms with Gasteiger partial charge in [0.15, 0.2) is 0 Å². The molecule has 22 heavy (non-hydrogen) atoms. The predicted octanol–water partition coefficient (Wildman–Crippen LogP) is 3.66. The summed E-state index contributed by atoms with van der Waals surface area (Å²) in [4.78, 5) is 0. The van der Waals surface area contributed by atoms with E-state index >= 15 is 0 Å². The van der Waals surface area contributed by atoms with Gasteiger partial charge in [-0.25, -0.2) is 0 Å². The minimum absolute atomic E-state index is 0.138. The molecule has 0 saturated heterocycles. The van der Waals surface area contributed by atoms with Crippen molar-refractivity contribution < 1.29 is 10.2 Å². The van der Waals surface area contributed by atoms with Gasteiger partial charge in [-0.1, -0.05) is 24.8 Å². The molecule has 2 aromatic rings. The van der Waals surface area contributed by atoms with E-state index in [2.05, 4.69) is 25.6 Å². The van der Waals surface area contributed by atoms with E-state index in [1.807, 2.05) is 13.0 Å². The van der Waals surface area contributed by atoms with E-state index in [4.69, 9.17) is 5.41 Å². The Morgan fingerprint density at radius 2 is 1.82 bits per heavy atom. The molecule has 0 aliphatic carbocycles. The number of rotatable bonds is 5. The van der Waals surface area contributed by atoms with Crippen LogP contribution in [0.1, 0.15) is 27.8 Å². The normalized spacial score (nSPS) is 11.7. The second-order valence-electron chi connectivity index (χ2n) is 5.36. The van der Waals surface area contributed by atoms with Crippen LogP contribution < -0.4 is 0 Å². The predicted molar refractivity (Wildman–Crippen MR) is 92.2 cm³/mol. The smallest absolute Gasteiger partial charge is 0.0691 e. The van der Waals surface area contributed by atoms with Crippen molar-refractivity contribution in [3.05, 3.63) is 64.7 Å². The number of hydrogen-bond donors (Lipinski definition) is 3. The Balaban J connectivity index is 3.00. The standard InChI is InChI=1S/C19H21NO2/c1-4-14(5-6-20)19-17-8-13(3)12(2)7-15(17)9-16(10-21)18(19)11-22/h4-9,20-22H,1,10-11H2,2-3H3/b14-5+,20-6?. The van der Waals surface area contributed by atoms with Gasteiger partial charge in [0.1, 0.15) is 0 Å². The summed E-state index contributed by atoms with van der Waals surface area (Å²) in [5, 5.41) is 28.8. The summed E-state index contributed by atoms with van der Waals surface area (Å²) in [7, 11) is 0. The van der Waals surface area contributed by atoms with E-state index < -0.39 is 0 Å². The minimum Gasteiger partial charge on any atom is -0.392 e. The van der Waals surface area contributed by atoms with Gasteiger partial charge in [0, 0.05) is 6.21 Å². The highest BCUT2D eigenvalue weighted by Gasteiger charge is 2.15. The fraction of sp³-hybridized carbons (Fsp3) is 0.211. The summed E-state index contributed by atoms with van der Waals surface area (Å²) < 4.78 is 0. The summed E-state index contributed by atoms with van der Waals surface area (Å²) in [6, 6.07) is 6.09. The number of nitrogens with one attached hydrogen (secondary N) is 1. The van der Waals surface area contributed by atoms with Crippen LogP contribution in [0.15, 0.2) is 36.9 Å². The summed E-state index contributed by atoms with van der Waals surface area (Å²) in [6.07, 6.45) is 4.53. The molecule has 0 aliphatic heterocycles. The maximum absolute atomic E-state index is 9.80. The highest BCUT2D eigenvalue weighted by atomic mass is 16.3. The van der Waals surface area contributed by atoms with Crippen LogP contribution in [-0.4, -0.2) is 16.4 Å². The number of aliphatic hydroxyl groups excluding tert-OH is 2. The molecule has 0 spiro atoms. The van der Waals surface area contributed by atoms with Gasteiger partial charge in [-0.15, -0.1) is 0 Å².